The van der Waals surface area contributed by atoms with Gasteiger partial charge in [0.05, 0.1) is 4.90 Å². The first-order chi connectivity index (χ1) is 8.30. The highest BCUT2D eigenvalue weighted by Gasteiger charge is 2.13. The van der Waals surface area contributed by atoms with Crippen molar-refractivity contribution in [2.45, 2.75) is 11.8 Å². The van der Waals surface area contributed by atoms with E-state index in [1.54, 1.807) is 6.92 Å². The highest BCUT2D eigenvalue weighted by molar-refractivity contribution is 9.10. The molecule has 0 aliphatic heterocycles. The molecule has 0 unspecified atom stereocenters. The van der Waals surface area contributed by atoms with Gasteiger partial charge < -0.3 is 0 Å². The molecule has 0 aliphatic rings. The van der Waals surface area contributed by atoms with E-state index in [9.17, 15) is 16.8 Å². The van der Waals surface area contributed by atoms with Crippen molar-refractivity contribution in [1.29, 1.82) is 0 Å². The van der Waals surface area contributed by atoms with Crippen LogP contribution in [-0.4, -0.2) is 28.0 Å². The van der Waals surface area contributed by atoms with Crippen LogP contribution >= 0.6 is 15.9 Å². The molecule has 0 aliphatic carbocycles. The van der Waals surface area contributed by atoms with Crippen LogP contribution in [0.25, 0.3) is 0 Å². The fourth-order valence-corrected chi connectivity index (χ4v) is 3.12. The smallest absolute Gasteiger partial charge is 0.242 e. The van der Waals surface area contributed by atoms with Gasteiger partial charge in [-0.25, -0.2) is 21.6 Å². The normalized spacial score (nSPS) is 12.3. The maximum Gasteiger partial charge on any atom is 0.242 e. The van der Waals surface area contributed by atoms with E-state index in [-0.39, 0.29) is 9.56 Å². The number of halogens is 1. The number of hydrogen-bond acceptors (Lipinski definition) is 4. The summed E-state index contributed by atoms with van der Waals surface area (Å²) in [6.45, 7) is 1.97. The quantitative estimate of drug-likeness (QED) is 0.746. The van der Waals surface area contributed by atoms with Crippen LogP contribution in [0.15, 0.2) is 29.2 Å². The van der Waals surface area contributed by atoms with E-state index in [1.165, 1.54) is 24.3 Å². The molecule has 6 nitrogen and oxygen atoms in total. The molecule has 0 saturated heterocycles. The molecule has 0 fully saturated rings. The van der Waals surface area contributed by atoms with E-state index in [1.807, 2.05) is 0 Å². The van der Waals surface area contributed by atoms with Crippen LogP contribution in [0.2, 0.25) is 0 Å². The van der Waals surface area contributed by atoms with Gasteiger partial charge in [-0.05, 0) is 24.3 Å². The van der Waals surface area contributed by atoms with Crippen LogP contribution in [0.4, 0.5) is 5.69 Å². The first kappa shape index (κ1) is 15.4. The Hall–Kier alpha value is -0.640. The SMILES string of the molecule is CCNS(=O)(=O)c1ccc(NS(=O)(=O)CBr)cc1. The summed E-state index contributed by atoms with van der Waals surface area (Å²) in [5, 5.41) is 0. The molecule has 0 heterocycles. The van der Waals surface area contributed by atoms with Crippen LogP contribution in [-0.2, 0) is 20.0 Å². The minimum Gasteiger partial charge on any atom is -0.283 e. The van der Waals surface area contributed by atoms with E-state index < -0.39 is 20.0 Å². The van der Waals surface area contributed by atoms with Gasteiger partial charge in [0, 0.05) is 12.2 Å². The third-order valence-corrected chi connectivity index (χ3v) is 6.12. The highest BCUT2D eigenvalue weighted by Crippen LogP contribution is 2.15. The number of rotatable bonds is 6. The molecule has 1 aromatic carbocycles. The number of anilines is 1. The Morgan fingerprint density at radius 3 is 2.11 bits per heavy atom. The monoisotopic (exact) mass is 356 g/mol. The van der Waals surface area contributed by atoms with Crippen molar-refractivity contribution < 1.29 is 16.8 Å². The lowest BCUT2D eigenvalue weighted by atomic mass is 10.3. The lowest BCUT2D eigenvalue weighted by molar-refractivity contribution is 0.584. The predicted octanol–water partition coefficient (Wildman–Crippen LogP) is 1.08. The number of sulfonamides is 2. The summed E-state index contributed by atoms with van der Waals surface area (Å²) in [6.07, 6.45) is 0. The molecule has 0 saturated carbocycles. The topological polar surface area (TPSA) is 92.3 Å². The van der Waals surface area contributed by atoms with Crippen LogP contribution < -0.4 is 9.44 Å². The molecule has 0 radical (unpaired) electrons. The van der Waals surface area contributed by atoms with Crippen LogP contribution in [0.3, 0.4) is 0 Å². The van der Waals surface area contributed by atoms with E-state index in [0.29, 0.717) is 12.2 Å². The Labute approximate surface area is 115 Å². The molecule has 18 heavy (non-hydrogen) atoms. The summed E-state index contributed by atoms with van der Waals surface area (Å²) in [6, 6.07) is 5.46. The number of nitrogens with one attached hydrogen (secondary N) is 2. The van der Waals surface area contributed by atoms with Crippen molar-refractivity contribution in [3.05, 3.63) is 24.3 Å². The molecular weight excluding hydrogens is 344 g/mol. The van der Waals surface area contributed by atoms with Gasteiger partial charge in [0.1, 0.15) is 4.66 Å². The van der Waals surface area contributed by atoms with Crippen molar-refractivity contribution >= 4 is 41.7 Å². The Kier molecular flexibility index (Phi) is 5.14. The molecule has 0 spiro atoms. The van der Waals surface area contributed by atoms with Gasteiger partial charge in [0.2, 0.25) is 20.0 Å². The predicted molar refractivity (Wildman–Crippen MR) is 73.6 cm³/mol. The second kappa shape index (κ2) is 6.00. The first-order valence-electron chi connectivity index (χ1n) is 4.97. The Morgan fingerprint density at radius 2 is 1.67 bits per heavy atom. The zero-order valence-corrected chi connectivity index (χ0v) is 12.8. The summed E-state index contributed by atoms with van der Waals surface area (Å²) in [5.41, 5.74) is 0.310. The minimum atomic E-state index is -3.51. The van der Waals surface area contributed by atoms with E-state index in [0.717, 1.165) is 0 Å². The molecule has 0 bridgehead atoms. The molecule has 9 heteroatoms. The average molecular weight is 357 g/mol. The maximum atomic E-state index is 11.6. The lowest BCUT2D eigenvalue weighted by Crippen LogP contribution is -2.23. The minimum absolute atomic E-state index is 0.0890. The van der Waals surface area contributed by atoms with Gasteiger partial charge in [-0.1, -0.05) is 22.9 Å². The van der Waals surface area contributed by atoms with Crippen molar-refractivity contribution in [3.63, 3.8) is 0 Å². The molecule has 1 rings (SSSR count). The summed E-state index contributed by atoms with van der Waals surface area (Å²) in [7, 11) is -6.94. The number of benzene rings is 1. The molecule has 0 amide bonds. The Morgan fingerprint density at radius 1 is 1.11 bits per heavy atom. The zero-order chi connectivity index (χ0) is 13.8. The first-order valence-corrected chi connectivity index (χ1v) is 9.22. The second-order valence-corrected chi connectivity index (χ2v) is 8.14. The van der Waals surface area contributed by atoms with Crippen molar-refractivity contribution in [1.82, 2.24) is 4.72 Å². The molecule has 102 valence electrons. The Balaban J connectivity index is 2.94. The maximum absolute atomic E-state index is 11.6. The Bertz CT molecular complexity index is 596. The summed E-state index contributed by atoms with van der Waals surface area (Å²) < 4.78 is 50.2. The average Bonchev–Trinajstić information content (AvgIpc) is 2.29. The van der Waals surface area contributed by atoms with Crippen molar-refractivity contribution in [2.24, 2.45) is 0 Å². The summed E-state index contributed by atoms with van der Waals surface area (Å²) in [5.74, 6) is 0. The molecule has 0 aromatic heterocycles. The van der Waals surface area contributed by atoms with Gasteiger partial charge in [-0.3, -0.25) is 4.72 Å². The zero-order valence-electron chi connectivity index (χ0n) is 9.55. The lowest BCUT2D eigenvalue weighted by Gasteiger charge is -2.07. The van der Waals surface area contributed by atoms with Gasteiger partial charge in [-0.15, -0.1) is 0 Å². The van der Waals surface area contributed by atoms with E-state index >= 15 is 0 Å². The van der Waals surface area contributed by atoms with E-state index in [2.05, 4.69) is 25.4 Å². The van der Waals surface area contributed by atoms with Gasteiger partial charge in [0.15, 0.2) is 0 Å². The van der Waals surface area contributed by atoms with Crippen LogP contribution in [0.5, 0.6) is 0 Å². The largest absolute Gasteiger partial charge is 0.283 e. The van der Waals surface area contributed by atoms with Crippen molar-refractivity contribution in [2.75, 3.05) is 15.9 Å². The third-order valence-electron chi connectivity index (χ3n) is 1.92. The van der Waals surface area contributed by atoms with Gasteiger partial charge >= 0.3 is 0 Å². The van der Waals surface area contributed by atoms with Gasteiger partial charge in [0.25, 0.3) is 0 Å². The second-order valence-electron chi connectivity index (χ2n) is 3.35. The standard InChI is InChI=1S/C9H13BrN2O4S2/c1-2-11-18(15,16)9-5-3-8(4-6-9)12-17(13,14)7-10/h3-6,11-12H,2,7H2,1H3. The van der Waals surface area contributed by atoms with Crippen LogP contribution in [0.1, 0.15) is 6.92 Å². The highest BCUT2D eigenvalue weighted by atomic mass is 79.9. The van der Waals surface area contributed by atoms with Crippen LogP contribution in [0, 0.1) is 0 Å². The van der Waals surface area contributed by atoms with Gasteiger partial charge in [-0.2, -0.15) is 0 Å². The number of alkyl halides is 1. The molecule has 1 aromatic rings. The fraction of sp³-hybridized carbons (Fsp3) is 0.333. The third kappa shape index (κ3) is 4.23. The molecule has 2 N–H and O–H groups in total. The summed E-state index contributed by atoms with van der Waals surface area (Å²) in [4.78, 5) is 0.0890. The van der Waals surface area contributed by atoms with E-state index in [4.69, 9.17) is 0 Å². The van der Waals surface area contributed by atoms with Crippen molar-refractivity contribution in [3.8, 4) is 0 Å². The molecule has 0 atom stereocenters. The number of hydrogen-bond donors (Lipinski definition) is 2. The fourth-order valence-electron chi connectivity index (χ4n) is 1.18. The summed E-state index contributed by atoms with van der Waals surface area (Å²) >= 11 is 2.84. The molecular formula is C9H13BrN2O4S2.